The number of likely N-dealkylation sites (tertiary alicyclic amines) is 1. The Labute approximate surface area is 111 Å². The van der Waals surface area contributed by atoms with Gasteiger partial charge in [0.2, 0.25) is 5.91 Å². The molecule has 1 aliphatic rings. The number of rotatable bonds is 4. The van der Waals surface area contributed by atoms with Crippen molar-refractivity contribution in [3.05, 3.63) is 29.8 Å². The molecule has 0 radical (unpaired) electrons. The second-order valence-electron chi connectivity index (χ2n) is 4.80. The standard InChI is InChI=1S/C14H17FN2O2/c1-10(18)11-2-4-13(5-3-11)16-14(19)9-17-7-6-12(15)8-17/h2-5,12H,6-9H2,1H3,(H,16,19). The molecule has 102 valence electrons. The summed E-state index contributed by atoms with van der Waals surface area (Å²) in [4.78, 5) is 24.7. The number of carbonyl (C=O) groups is 2. The zero-order valence-electron chi connectivity index (χ0n) is 10.9. The van der Waals surface area contributed by atoms with Gasteiger partial charge in [-0.2, -0.15) is 0 Å². The highest BCUT2D eigenvalue weighted by atomic mass is 19.1. The van der Waals surface area contributed by atoms with Crippen molar-refractivity contribution >= 4 is 17.4 Å². The van der Waals surface area contributed by atoms with Gasteiger partial charge in [0.15, 0.2) is 5.78 Å². The molecule has 1 saturated heterocycles. The molecule has 4 nitrogen and oxygen atoms in total. The van der Waals surface area contributed by atoms with Gasteiger partial charge in [-0.3, -0.25) is 14.5 Å². The molecule has 1 fully saturated rings. The van der Waals surface area contributed by atoms with Gasteiger partial charge in [-0.1, -0.05) is 0 Å². The van der Waals surface area contributed by atoms with Gasteiger partial charge in [-0.25, -0.2) is 4.39 Å². The smallest absolute Gasteiger partial charge is 0.238 e. The van der Waals surface area contributed by atoms with Crippen LogP contribution in [0.1, 0.15) is 23.7 Å². The highest BCUT2D eigenvalue weighted by Gasteiger charge is 2.23. The van der Waals surface area contributed by atoms with Crippen LogP contribution in [0, 0.1) is 0 Å². The van der Waals surface area contributed by atoms with Gasteiger partial charge in [0.25, 0.3) is 0 Å². The van der Waals surface area contributed by atoms with Gasteiger partial charge >= 0.3 is 0 Å². The third-order valence-electron chi connectivity index (χ3n) is 3.16. The van der Waals surface area contributed by atoms with E-state index in [9.17, 15) is 14.0 Å². The third-order valence-corrected chi connectivity index (χ3v) is 3.16. The second-order valence-corrected chi connectivity index (χ2v) is 4.80. The maximum Gasteiger partial charge on any atom is 0.238 e. The molecule has 1 aromatic rings. The van der Waals surface area contributed by atoms with Crippen LogP contribution in [0.25, 0.3) is 0 Å². The summed E-state index contributed by atoms with van der Waals surface area (Å²) < 4.78 is 13.0. The molecule has 1 heterocycles. The van der Waals surface area contributed by atoms with Crippen LogP contribution in [0.4, 0.5) is 10.1 Å². The molecular weight excluding hydrogens is 247 g/mol. The molecule has 0 bridgehead atoms. The van der Waals surface area contributed by atoms with Crippen LogP contribution >= 0.6 is 0 Å². The summed E-state index contributed by atoms with van der Waals surface area (Å²) in [5.41, 5.74) is 1.25. The molecule has 0 aromatic heterocycles. The summed E-state index contributed by atoms with van der Waals surface area (Å²) in [6, 6.07) is 6.73. The number of benzene rings is 1. The lowest BCUT2D eigenvalue weighted by molar-refractivity contribution is -0.117. The number of Topliss-reactive ketones (excluding diaryl/α,β-unsaturated/α-hetero) is 1. The summed E-state index contributed by atoms with van der Waals surface area (Å²) in [6.07, 6.45) is -0.316. The van der Waals surface area contributed by atoms with E-state index in [1.807, 2.05) is 0 Å². The van der Waals surface area contributed by atoms with Crippen molar-refractivity contribution in [2.45, 2.75) is 19.5 Å². The molecule has 0 spiro atoms. The van der Waals surface area contributed by atoms with Crippen molar-refractivity contribution in [3.8, 4) is 0 Å². The first-order valence-corrected chi connectivity index (χ1v) is 6.32. The van der Waals surface area contributed by atoms with E-state index in [4.69, 9.17) is 0 Å². The Balaban J connectivity index is 1.86. The average Bonchev–Trinajstić information content (AvgIpc) is 2.75. The van der Waals surface area contributed by atoms with Gasteiger partial charge in [-0.15, -0.1) is 0 Å². The Morgan fingerprint density at radius 3 is 2.58 bits per heavy atom. The monoisotopic (exact) mass is 264 g/mol. The number of anilines is 1. The first-order chi connectivity index (χ1) is 9.04. The Hall–Kier alpha value is -1.75. The Bertz CT molecular complexity index is 473. The van der Waals surface area contributed by atoms with E-state index >= 15 is 0 Å². The molecule has 19 heavy (non-hydrogen) atoms. The van der Waals surface area contributed by atoms with E-state index in [2.05, 4.69) is 5.32 Å². The molecule has 0 aliphatic carbocycles. The van der Waals surface area contributed by atoms with Crippen LogP contribution in [0.2, 0.25) is 0 Å². The minimum Gasteiger partial charge on any atom is -0.325 e. The highest BCUT2D eigenvalue weighted by molar-refractivity contribution is 5.96. The molecule has 0 saturated carbocycles. The van der Waals surface area contributed by atoms with Crippen molar-refractivity contribution in [1.82, 2.24) is 4.90 Å². The Morgan fingerprint density at radius 1 is 1.37 bits per heavy atom. The number of ketones is 1. The van der Waals surface area contributed by atoms with E-state index in [0.717, 1.165) is 0 Å². The zero-order valence-corrected chi connectivity index (χ0v) is 10.9. The largest absolute Gasteiger partial charge is 0.325 e. The van der Waals surface area contributed by atoms with Gasteiger partial charge in [-0.05, 0) is 37.6 Å². The van der Waals surface area contributed by atoms with E-state index in [-0.39, 0.29) is 18.2 Å². The molecular formula is C14H17FN2O2. The molecule has 1 atom stereocenters. The summed E-state index contributed by atoms with van der Waals surface area (Å²) in [5.74, 6) is -0.173. The number of nitrogens with one attached hydrogen (secondary N) is 1. The quantitative estimate of drug-likeness (QED) is 0.845. The van der Waals surface area contributed by atoms with Gasteiger partial charge in [0.1, 0.15) is 6.17 Å². The molecule has 1 aliphatic heterocycles. The maximum absolute atomic E-state index is 13.0. The van der Waals surface area contributed by atoms with Crippen LogP contribution in [0.5, 0.6) is 0 Å². The normalized spacial score (nSPS) is 19.4. The summed E-state index contributed by atoms with van der Waals surface area (Å²) >= 11 is 0. The van der Waals surface area contributed by atoms with Gasteiger partial charge in [0.05, 0.1) is 6.54 Å². The number of nitrogens with zero attached hydrogens (tertiary/aromatic N) is 1. The SMILES string of the molecule is CC(=O)c1ccc(NC(=O)CN2CCC(F)C2)cc1. The number of amides is 1. The van der Waals surface area contributed by atoms with E-state index in [0.29, 0.717) is 30.8 Å². The van der Waals surface area contributed by atoms with Crippen molar-refractivity contribution < 1.29 is 14.0 Å². The van der Waals surface area contributed by atoms with Crippen LogP contribution in [-0.2, 0) is 4.79 Å². The minimum absolute atomic E-state index is 0.0102. The van der Waals surface area contributed by atoms with Gasteiger partial charge < -0.3 is 5.32 Å². The summed E-state index contributed by atoms with van der Waals surface area (Å²) in [5, 5.41) is 2.74. The highest BCUT2D eigenvalue weighted by Crippen LogP contribution is 2.13. The molecule has 1 unspecified atom stereocenters. The molecule has 1 N–H and O–H groups in total. The topological polar surface area (TPSA) is 49.4 Å². The molecule has 5 heteroatoms. The number of hydrogen-bond donors (Lipinski definition) is 1. The van der Waals surface area contributed by atoms with Crippen molar-refractivity contribution in [3.63, 3.8) is 0 Å². The maximum atomic E-state index is 13.0. The second kappa shape index (κ2) is 5.93. The number of alkyl halides is 1. The predicted molar refractivity (Wildman–Crippen MR) is 71.0 cm³/mol. The third kappa shape index (κ3) is 3.86. The molecule has 1 aromatic carbocycles. The zero-order chi connectivity index (χ0) is 13.8. The Kier molecular flexibility index (Phi) is 4.27. The number of carbonyl (C=O) groups excluding carboxylic acids is 2. The number of halogens is 1. The molecule has 2 rings (SSSR count). The van der Waals surface area contributed by atoms with Gasteiger partial charge in [0, 0.05) is 24.3 Å². The van der Waals surface area contributed by atoms with Crippen LogP contribution in [0.3, 0.4) is 0 Å². The lowest BCUT2D eigenvalue weighted by Crippen LogP contribution is -2.31. The van der Waals surface area contributed by atoms with E-state index in [1.54, 1.807) is 29.2 Å². The van der Waals surface area contributed by atoms with Crippen LogP contribution in [0.15, 0.2) is 24.3 Å². The lowest BCUT2D eigenvalue weighted by Gasteiger charge is -2.14. The predicted octanol–water partition coefficient (Wildman–Crippen LogP) is 1.87. The fourth-order valence-corrected chi connectivity index (χ4v) is 2.12. The fourth-order valence-electron chi connectivity index (χ4n) is 2.12. The van der Waals surface area contributed by atoms with Crippen molar-refractivity contribution in [1.29, 1.82) is 0 Å². The summed E-state index contributed by atoms with van der Waals surface area (Å²) in [6.45, 7) is 2.65. The number of hydrogen-bond acceptors (Lipinski definition) is 3. The van der Waals surface area contributed by atoms with E-state index in [1.165, 1.54) is 6.92 Å². The Morgan fingerprint density at radius 2 is 2.05 bits per heavy atom. The fraction of sp³-hybridized carbons (Fsp3) is 0.429. The summed E-state index contributed by atoms with van der Waals surface area (Å²) in [7, 11) is 0. The molecule has 1 amide bonds. The average molecular weight is 264 g/mol. The lowest BCUT2D eigenvalue weighted by atomic mass is 10.1. The van der Waals surface area contributed by atoms with Crippen molar-refractivity contribution in [2.24, 2.45) is 0 Å². The van der Waals surface area contributed by atoms with Crippen LogP contribution in [-0.4, -0.2) is 42.4 Å². The first-order valence-electron chi connectivity index (χ1n) is 6.32. The van der Waals surface area contributed by atoms with E-state index < -0.39 is 6.17 Å². The van der Waals surface area contributed by atoms with Crippen LogP contribution < -0.4 is 5.32 Å². The first kappa shape index (κ1) is 13.7. The minimum atomic E-state index is -0.817. The van der Waals surface area contributed by atoms with Crippen molar-refractivity contribution in [2.75, 3.05) is 25.0 Å².